The van der Waals surface area contributed by atoms with Crippen LogP contribution in [-0.2, 0) is 6.61 Å². The molecule has 1 N–H and O–H groups in total. The van der Waals surface area contributed by atoms with Crippen molar-refractivity contribution in [2.75, 3.05) is 0 Å². The number of hydrogen-bond acceptors (Lipinski definition) is 3. The number of hydrogen-bond donors (Lipinski definition) is 1. The van der Waals surface area contributed by atoms with Crippen LogP contribution in [0.1, 0.15) is 52.6 Å². The van der Waals surface area contributed by atoms with Gasteiger partial charge in [-0.3, -0.25) is 4.98 Å². The summed E-state index contributed by atoms with van der Waals surface area (Å²) in [4.78, 5) is 16.5. The van der Waals surface area contributed by atoms with E-state index in [-0.39, 0.29) is 18.1 Å². The van der Waals surface area contributed by atoms with Gasteiger partial charge in [0.15, 0.2) is 0 Å². The number of aryl methyl sites for hydroxylation is 2. The lowest BCUT2D eigenvalue weighted by Gasteiger charge is -2.17. The van der Waals surface area contributed by atoms with Crippen LogP contribution in [-0.4, -0.2) is 16.1 Å². The number of carbonyl (C=O) groups is 1. The van der Waals surface area contributed by atoms with E-state index in [0.29, 0.717) is 28.3 Å². The van der Waals surface area contributed by atoms with Crippen LogP contribution in [0.15, 0.2) is 48.5 Å². The highest BCUT2D eigenvalue weighted by Gasteiger charge is 2.21. The van der Waals surface area contributed by atoms with Crippen molar-refractivity contribution in [3.63, 3.8) is 0 Å². The van der Waals surface area contributed by atoms with Crippen LogP contribution in [0.4, 0.5) is 4.39 Å². The largest absolute Gasteiger partial charge is 0.487 e. The van der Waals surface area contributed by atoms with Crippen molar-refractivity contribution in [3.05, 3.63) is 82.4 Å². The second kappa shape index (κ2) is 8.43. The van der Waals surface area contributed by atoms with Gasteiger partial charge < -0.3 is 9.84 Å². The topological polar surface area (TPSA) is 59.4 Å². The van der Waals surface area contributed by atoms with Crippen LogP contribution in [0.25, 0.3) is 11.1 Å². The number of benzene rings is 2. The van der Waals surface area contributed by atoms with Gasteiger partial charge in [0.2, 0.25) is 0 Å². The van der Waals surface area contributed by atoms with Gasteiger partial charge in [-0.05, 0) is 55.2 Å². The summed E-state index contributed by atoms with van der Waals surface area (Å²) >= 11 is 0. The first-order valence-electron chi connectivity index (χ1n) is 9.50. The average molecular weight is 393 g/mol. The highest BCUT2D eigenvalue weighted by atomic mass is 19.1. The standard InChI is InChI=1S/C24H24FNO3/c1-14(2)23-19(18-7-5-6-8-21(18)25)12-20(24(27)28)22(26-23)13-29-17-10-9-15(3)16(4)11-17/h5-12,14H,13H2,1-4H3,(H,27,28). The summed E-state index contributed by atoms with van der Waals surface area (Å²) in [6.07, 6.45) is 0. The smallest absolute Gasteiger partial charge is 0.337 e. The Labute approximate surface area is 170 Å². The van der Waals surface area contributed by atoms with Gasteiger partial charge >= 0.3 is 5.97 Å². The van der Waals surface area contributed by atoms with Crippen molar-refractivity contribution in [2.24, 2.45) is 0 Å². The lowest BCUT2D eigenvalue weighted by molar-refractivity contribution is 0.0693. The maximum absolute atomic E-state index is 14.4. The van der Waals surface area contributed by atoms with Crippen molar-refractivity contribution in [1.82, 2.24) is 4.98 Å². The molecule has 150 valence electrons. The van der Waals surface area contributed by atoms with Crippen molar-refractivity contribution in [2.45, 2.75) is 40.2 Å². The third-order valence-corrected chi connectivity index (χ3v) is 4.93. The molecule has 0 bridgehead atoms. The fourth-order valence-corrected chi connectivity index (χ4v) is 3.15. The summed E-state index contributed by atoms with van der Waals surface area (Å²) in [6, 6.07) is 13.5. The van der Waals surface area contributed by atoms with Gasteiger partial charge in [0.25, 0.3) is 0 Å². The summed E-state index contributed by atoms with van der Waals surface area (Å²) in [6.45, 7) is 7.91. The van der Waals surface area contributed by atoms with Gasteiger partial charge in [-0.2, -0.15) is 0 Å². The zero-order valence-electron chi connectivity index (χ0n) is 17.0. The molecule has 0 fully saturated rings. The molecule has 4 nitrogen and oxygen atoms in total. The summed E-state index contributed by atoms with van der Waals surface area (Å²) in [5.41, 5.74) is 4.04. The molecular weight excluding hydrogens is 369 g/mol. The molecule has 0 saturated carbocycles. The quantitative estimate of drug-likeness (QED) is 0.566. The van der Waals surface area contributed by atoms with Crippen molar-refractivity contribution in [1.29, 1.82) is 0 Å². The summed E-state index contributed by atoms with van der Waals surface area (Å²) in [7, 11) is 0. The predicted octanol–water partition coefficient (Wildman–Crippen LogP) is 5.91. The van der Waals surface area contributed by atoms with Crippen LogP contribution >= 0.6 is 0 Å². The van der Waals surface area contributed by atoms with E-state index in [1.807, 2.05) is 45.9 Å². The molecule has 5 heteroatoms. The third kappa shape index (κ3) is 4.45. The molecule has 3 rings (SSSR count). The number of carboxylic acid groups (broad SMARTS) is 1. The lowest BCUT2D eigenvalue weighted by Crippen LogP contribution is -2.12. The third-order valence-electron chi connectivity index (χ3n) is 4.93. The minimum absolute atomic E-state index is 0.0106. The van der Waals surface area contributed by atoms with Gasteiger partial charge in [-0.1, -0.05) is 38.1 Å². The predicted molar refractivity (Wildman–Crippen MR) is 111 cm³/mol. The Kier molecular flexibility index (Phi) is 5.97. The number of pyridine rings is 1. The van der Waals surface area contributed by atoms with Crippen molar-refractivity contribution < 1.29 is 19.0 Å². The van der Waals surface area contributed by atoms with Crippen LogP contribution in [0.3, 0.4) is 0 Å². The molecular formula is C24H24FNO3. The summed E-state index contributed by atoms with van der Waals surface area (Å²) in [5.74, 6) is -0.904. The Bertz CT molecular complexity index is 1060. The van der Waals surface area contributed by atoms with E-state index in [1.165, 1.54) is 12.1 Å². The van der Waals surface area contributed by atoms with E-state index in [0.717, 1.165) is 11.1 Å². The second-order valence-electron chi connectivity index (χ2n) is 7.39. The van der Waals surface area contributed by atoms with Gasteiger partial charge in [-0.25, -0.2) is 9.18 Å². The second-order valence-corrected chi connectivity index (χ2v) is 7.39. The number of aromatic carboxylic acids is 1. The highest BCUT2D eigenvalue weighted by molar-refractivity contribution is 5.91. The molecule has 29 heavy (non-hydrogen) atoms. The Morgan fingerprint density at radius 1 is 1.07 bits per heavy atom. The van der Waals surface area contributed by atoms with E-state index >= 15 is 0 Å². The lowest BCUT2D eigenvalue weighted by atomic mass is 9.94. The van der Waals surface area contributed by atoms with E-state index in [1.54, 1.807) is 18.2 Å². The minimum atomic E-state index is -1.12. The zero-order chi connectivity index (χ0) is 21.1. The monoisotopic (exact) mass is 393 g/mol. The molecule has 3 aromatic rings. The fourth-order valence-electron chi connectivity index (χ4n) is 3.15. The number of aromatic nitrogens is 1. The first kappa shape index (κ1) is 20.5. The molecule has 1 aromatic heterocycles. The zero-order valence-corrected chi connectivity index (χ0v) is 17.0. The van der Waals surface area contributed by atoms with Crippen LogP contribution in [0.5, 0.6) is 5.75 Å². The van der Waals surface area contributed by atoms with Gasteiger partial charge in [-0.15, -0.1) is 0 Å². The highest BCUT2D eigenvalue weighted by Crippen LogP contribution is 2.32. The van der Waals surface area contributed by atoms with E-state index in [4.69, 9.17) is 4.74 Å². The minimum Gasteiger partial charge on any atom is -0.487 e. The Balaban J connectivity index is 2.05. The van der Waals surface area contributed by atoms with Gasteiger partial charge in [0.05, 0.1) is 17.0 Å². The summed E-state index contributed by atoms with van der Waals surface area (Å²) in [5, 5.41) is 9.72. The molecule has 0 atom stereocenters. The van der Waals surface area contributed by atoms with Crippen LogP contribution in [0.2, 0.25) is 0 Å². The van der Waals surface area contributed by atoms with Gasteiger partial charge in [0, 0.05) is 11.1 Å². The van der Waals surface area contributed by atoms with Gasteiger partial charge in [0.1, 0.15) is 18.2 Å². The van der Waals surface area contributed by atoms with Crippen LogP contribution < -0.4 is 4.74 Å². The Morgan fingerprint density at radius 2 is 1.79 bits per heavy atom. The summed E-state index contributed by atoms with van der Waals surface area (Å²) < 4.78 is 20.2. The fraction of sp³-hybridized carbons (Fsp3) is 0.250. The first-order valence-corrected chi connectivity index (χ1v) is 9.50. The Morgan fingerprint density at radius 3 is 2.41 bits per heavy atom. The maximum atomic E-state index is 14.4. The molecule has 0 amide bonds. The van der Waals surface area contributed by atoms with E-state index in [2.05, 4.69) is 4.98 Å². The molecule has 1 heterocycles. The molecule has 0 radical (unpaired) electrons. The number of carboxylic acids is 1. The Hall–Kier alpha value is -3.21. The molecule has 0 saturated heterocycles. The SMILES string of the molecule is Cc1ccc(OCc2nc(C(C)C)c(-c3ccccc3F)cc2C(=O)O)cc1C. The molecule has 0 aliphatic rings. The number of nitrogens with zero attached hydrogens (tertiary/aromatic N) is 1. The average Bonchev–Trinajstić information content (AvgIpc) is 2.68. The number of rotatable bonds is 6. The number of ether oxygens (including phenoxy) is 1. The molecule has 0 unspecified atom stereocenters. The molecule has 0 spiro atoms. The van der Waals surface area contributed by atoms with Crippen molar-refractivity contribution in [3.8, 4) is 16.9 Å². The number of halogens is 1. The van der Waals surface area contributed by atoms with Crippen molar-refractivity contribution >= 4 is 5.97 Å². The first-order chi connectivity index (χ1) is 13.8. The van der Waals surface area contributed by atoms with E-state index in [9.17, 15) is 14.3 Å². The van der Waals surface area contributed by atoms with E-state index < -0.39 is 11.8 Å². The van der Waals surface area contributed by atoms with Crippen LogP contribution in [0, 0.1) is 19.7 Å². The normalized spacial score (nSPS) is 11.0. The maximum Gasteiger partial charge on any atom is 0.337 e. The molecule has 0 aliphatic carbocycles. The molecule has 0 aliphatic heterocycles. The molecule has 2 aromatic carbocycles.